The minimum absolute atomic E-state index is 0.144. The van der Waals surface area contributed by atoms with Crippen molar-refractivity contribution in [2.75, 3.05) is 62.3 Å². The fraction of sp³-hybridized carbons (Fsp3) is 0.789. The van der Waals surface area contributed by atoms with Crippen LogP contribution in [0.15, 0.2) is 0 Å². The van der Waals surface area contributed by atoms with E-state index in [4.69, 9.17) is 19.4 Å². The van der Waals surface area contributed by atoms with Gasteiger partial charge in [0.15, 0.2) is 0 Å². The van der Waals surface area contributed by atoms with Crippen LogP contribution < -0.4 is 19.9 Å². The molecule has 27 heavy (non-hydrogen) atoms. The molecule has 0 bridgehead atoms. The normalized spacial score (nSPS) is 27.5. The van der Waals surface area contributed by atoms with Crippen LogP contribution >= 0.6 is 0 Å². The second-order valence-electron chi connectivity index (χ2n) is 8.18. The number of fused-ring (bicyclic) bond motifs is 1. The van der Waals surface area contributed by atoms with Gasteiger partial charge in [-0.25, -0.2) is 0 Å². The van der Waals surface area contributed by atoms with Crippen molar-refractivity contribution >= 4 is 11.8 Å². The number of aliphatic hydroxyl groups excluding tert-OH is 1. The highest BCUT2D eigenvalue weighted by Gasteiger charge is 2.44. The second kappa shape index (κ2) is 7.07. The molecule has 3 fully saturated rings. The summed E-state index contributed by atoms with van der Waals surface area (Å²) in [6, 6.07) is 0. The molecule has 5 heterocycles. The van der Waals surface area contributed by atoms with E-state index in [-0.39, 0.29) is 11.7 Å². The van der Waals surface area contributed by atoms with Gasteiger partial charge in [0.2, 0.25) is 11.8 Å². The molecular weight excluding hydrogens is 346 g/mol. The largest absolute Gasteiger partial charge is 0.470 e. The van der Waals surface area contributed by atoms with Gasteiger partial charge in [-0.2, -0.15) is 9.97 Å². The van der Waals surface area contributed by atoms with Crippen LogP contribution in [0.1, 0.15) is 31.2 Å². The highest BCUT2D eigenvalue weighted by atomic mass is 16.5. The summed E-state index contributed by atoms with van der Waals surface area (Å²) in [4.78, 5) is 14.2. The number of morpholine rings is 1. The Morgan fingerprint density at radius 3 is 2.67 bits per heavy atom. The number of piperidine rings is 2. The van der Waals surface area contributed by atoms with Crippen molar-refractivity contribution < 1.29 is 14.6 Å². The molecule has 0 aliphatic carbocycles. The Morgan fingerprint density at radius 2 is 1.89 bits per heavy atom. The molecule has 0 saturated carbocycles. The first-order valence-electron chi connectivity index (χ1n) is 10.3. The number of aliphatic hydroxyl groups is 1. The Labute approximate surface area is 159 Å². The molecule has 8 nitrogen and oxygen atoms in total. The topological polar surface area (TPSA) is 83.0 Å². The lowest BCUT2D eigenvalue weighted by Gasteiger charge is -2.33. The van der Waals surface area contributed by atoms with Gasteiger partial charge in [0.05, 0.1) is 24.9 Å². The molecule has 8 heteroatoms. The molecular formula is C19H29N5O3. The smallest absolute Gasteiger partial charge is 0.230 e. The monoisotopic (exact) mass is 375 g/mol. The van der Waals surface area contributed by atoms with Crippen molar-refractivity contribution in [2.24, 2.45) is 0 Å². The summed E-state index contributed by atoms with van der Waals surface area (Å²) < 4.78 is 12.0. The minimum atomic E-state index is -0.286. The van der Waals surface area contributed by atoms with Crippen LogP contribution in [0.5, 0.6) is 5.88 Å². The molecule has 5 rings (SSSR count). The predicted octanol–water partition coefficient (Wildman–Crippen LogP) is 0.331. The van der Waals surface area contributed by atoms with E-state index in [9.17, 15) is 5.11 Å². The van der Waals surface area contributed by atoms with Gasteiger partial charge in [0.25, 0.3) is 0 Å². The van der Waals surface area contributed by atoms with E-state index >= 15 is 0 Å². The number of hydrogen-bond donors (Lipinski definition) is 2. The van der Waals surface area contributed by atoms with E-state index in [0.717, 1.165) is 88.0 Å². The van der Waals surface area contributed by atoms with Crippen molar-refractivity contribution in [3.05, 3.63) is 5.56 Å². The number of anilines is 2. The van der Waals surface area contributed by atoms with Crippen molar-refractivity contribution in [1.82, 2.24) is 15.3 Å². The van der Waals surface area contributed by atoms with E-state index in [1.165, 1.54) is 0 Å². The third-order valence-corrected chi connectivity index (χ3v) is 6.25. The van der Waals surface area contributed by atoms with E-state index in [1.807, 2.05) is 0 Å². The summed E-state index contributed by atoms with van der Waals surface area (Å²) in [5, 5.41) is 13.6. The van der Waals surface area contributed by atoms with Gasteiger partial charge < -0.3 is 29.7 Å². The van der Waals surface area contributed by atoms with Crippen LogP contribution in [-0.2, 0) is 11.2 Å². The lowest BCUT2D eigenvalue weighted by atomic mass is 9.88. The van der Waals surface area contributed by atoms with Gasteiger partial charge in [-0.05, 0) is 25.9 Å². The molecule has 4 aliphatic rings. The van der Waals surface area contributed by atoms with Gasteiger partial charge in [-0.1, -0.05) is 0 Å². The first kappa shape index (κ1) is 17.5. The second-order valence-corrected chi connectivity index (χ2v) is 8.18. The number of aromatic nitrogens is 2. The van der Waals surface area contributed by atoms with Crippen LogP contribution in [0.2, 0.25) is 0 Å². The summed E-state index contributed by atoms with van der Waals surface area (Å²) in [7, 11) is 0. The van der Waals surface area contributed by atoms with Crippen LogP contribution in [0.3, 0.4) is 0 Å². The summed E-state index contributed by atoms with van der Waals surface area (Å²) in [6.45, 7) is 6.54. The highest BCUT2D eigenvalue weighted by Crippen LogP contribution is 2.44. The quantitative estimate of drug-likeness (QED) is 0.765. The average molecular weight is 375 g/mol. The number of nitrogens with one attached hydrogen (secondary N) is 1. The lowest BCUT2D eigenvalue weighted by Crippen LogP contribution is -2.45. The zero-order valence-electron chi connectivity index (χ0n) is 15.8. The summed E-state index contributed by atoms with van der Waals surface area (Å²) in [6.07, 6.45) is 4.44. The molecule has 0 aromatic carbocycles. The predicted molar refractivity (Wildman–Crippen MR) is 102 cm³/mol. The van der Waals surface area contributed by atoms with E-state index in [1.54, 1.807) is 0 Å². The third-order valence-electron chi connectivity index (χ3n) is 6.25. The van der Waals surface area contributed by atoms with Gasteiger partial charge in [0, 0.05) is 45.4 Å². The van der Waals surface area contributed by atoms with Crippen molar-refractivity contribution in [3.63, 3.8) is 0 Å². The first-order chi connectivity index (χ1) is 13.2. The van der Waals surface area contributed by atoms with Gasteiger partial charge in [-0.15, -0.1) is 0 Å². The van der Waals surface area contributed by atoms with Crippen molar-refractivity contribution in [1.29, 1.82) is 0 Å². The Kier molecular flexibility index (Phi) is 4.57. The average Bonchev–Trinajstić information content (AvgIpc) is 3.05. The Balaban J connectivity index is 1.51. The van der Waals surface area contributed by atoms with Crippen molar-refractivity contribution in [3.8, 4) is 5.88 Å². The number of rotatable bonds is 2. The number of ether oxygens (including phenoxy) is 2. The molecule has 148 valence electrons. The maximum atomic E-state index is 10.2. The highest BCUT2D eigenvalue weighted by molar-refractivity contribution is 5.58. The SMILES string of the molecule is OC1CCCN(c2nc(N3CCOCC3)nc3c2CC2(CCNCC2)O3)C1. The third kappa shape index (κ3) is 3.34. The Hall–Kier alpha value is -1.64. The molecule has 2 N–H and O–H groups in total. The van der Waals surface area contributed by atoms with E-state index in [0.29, 0.717) is 19.8 Å². The summed E-state index contributed by atoms with van der Waals surface area (Å²) in [5.41, 5.74) is 0.984. The molecule has 1 aromatic heterocycles. The van der Waals surface area contributed by atoms with Gasteiger partial charge in [-0.3, -0.25) is 0 Å². The Bertz CT molecular complexity index is 688. The molecule has 0 amide bonds. The maximum Gasteiger partial charge on any atom is 0.230 e. The van der Waals surface area contributed by atoms with Crippen LogP contribution in [0, 0.1) is 0 Å². The van der Waals surface area contributed by atoms with E-state index in [2.05, 4.69) is 15.1 Å². The fourth-order valence-corrected chi connectivity index (χ4v) is 4.72. The summed E-state index contributed by atoms with van der Waals surface area (Å²) in [5.74, 6) is 2.46. The number of hydrogen-bond acceptors (Lipinski definition) is 8. The van der Waals surface area contributed by atoms with Crippen LogP contribution in [0.4, 0.5) is 11.8 Å². The van der Waals surface area contributed by atoms with E-state index < -0.39 is 0 Å². The molecule has 1 spiro atoms. The number of β-amino-alcohol motifs (C(OH)–C–C–N with tert-alkyl or cyclic N) is 1. The maximum absolute atomic E-state index is 10.2. The number of nitrogens with zero attached hydrogens (tertiary/aromatic N) is 4. The van der Waals surface area contributed by atoms with Crippen molar-refractivity contribution in [2.45, 2.75) is 43.8 Å². The van der Waals surface area contributed by atoms with Gasteiger partial charge >= 0.3 is 0 Å². The standard InChI is InChI=1S/C19H29N5O3/c25-14-2-1-7-24(13-14)16-15-12-19(3-5-20-6-4-19)27-17(15)22-18(21-16)23-8-10-26-11-9-23/h14,20,25H,1-13H2. The molecule has 4 aliphatic heterocycles. The first-order valence-corrected chi connectivity index (χ1v) is 10.3. The summed E-state index contributed by atoms with van der Waals surface area (Å²) >= 11 is 0. The minimum Gasteiger partial charge on any atom is -0.470 e. The molecule has 1 aromatic rings. The lowest BCUT2D eigenvalue weighted by molar-refractivity contribution is 0.0562. The molecule has 0 radical (unpaired) electrons. The zero-order chi connectivity index (χ0) is 18.3. The van der Waals surface area contributed by atoms with Gasteiger partial charge in [0.1, 0.15) is 11.4 Å². The molecule has 3 saturated heterocycles. The fourth-order valence-electron chi connectivity index (χ4n) is 4.72. The molecule has 1 atom stereocenters. The zero-order valence-corrected chi connectivity index (χ0v) is 15.8. The van der Waals surface area contributed by atoms with Crippen LogP contribution in [0.25, 0.3) is 0 Å². The van der Waals surface area contributed by atoms with Crippen LogP contribution in [-0.4, -0.2) is 79.3 Å². The molecule has 1 unspecified atom stereocenters. The Morgan fingerprint density at radius 1 is 1.07 bits per heavy atom.